The zero-order chi connectivity index (χ0) is 16.8. The molecule has 2 fully saturated rings. The second-order valence-electron chi connectivity index (χ2n) is 8.30. The normalized spacial score (nSPS) is 34.1. The van der Waals surface area contributed by atoms with Crippen molar-refractivity contribution in [2.45, 2.75) is 68.8 Å². The topological polar surface area (TPSA) is 20.2 Å². The molecule has 3 heteroatoms. The number of thioether (sulfide) groups is 2. The second kappa shape index (κ2) is 6.46. The standard InChI is InChI=1S/C21H30OS2/c1-3-4-5-16-13-21(23-10-11-24-21)14-19-18-7-6-17(22)12-15(18)8-9-20(16,19)2/h6-7,12,16,19,22H,3-5,8-11,13-14H2,1-2H3. The van der Waals surface area contributed by atoms with E-state index in [1.54, 1.807) is 5.56 Å². The van der Waals surface area contributed by atoms with Gasteiger partial charge in [-0.3, -0.25) is 0 Å². The largest absolute Gasteiger partial charge is 0.508 e. The predicted octanol–water partition coefficient (Wildman–Crippen LogP) is 6.20. The van der Waals surface area contributed by atoms with Crippen LogP contribution in [0.2, 0.25) is 0 Å². The summed E-state index contributed by atoms with van der Waals surface area (Å²) in [5.41, 5.74) is 3.42. The van der Waals surface area contributed by atoms with Crippen molar-refractivity contribution in [3.05, 3.63) is 29.3 Å². The monoisotopic (exact) mass is 362 g/mol. The number of benzene rings is 1. The summed E-state index contributed by atoms with van der Waals surface area (Å²) in [6.45, 7) is 4.92. The van der Waals surface area contributed by atoms with Crippen LogP contribution in [0.1, 0.15) is 69.4 Å². The van der Waals surface area contributed by atoms with Gasteiger partial charge >= 0.3 is 0 Å². The first kappa shape index (κ1) is 17.1. The van der Waals surface area contributed by atoms with Gasteiger partial charge in [0.15, 0.2) is 0 Å². The molecule has 2 aliphatic carbocycles. The van der Waals surface area contributed by atoms with Gasteiger partial charge in [0, 0.05) is 11.5 Å². The van der Waals surface area contributed by atoms with E-state index in [1.165, 1.54) is 55.6 Å². The smallest absolute Gasteiger partial charge is 0.115 e. The molecule has 1 aliphatic heterocycles. The predicted molar refractivity (Wildman–Crippen MR) is 107 cm³/mol. The van der Waals surface area contributed by atoms with E-state index in [-0.39, 0.29) is 0 Å². The molecule has 132 valence electrons. The van der Waals surface area contributed by atoms with Gasteiger partial charge in [-0.1, -0.05) is 32.8 Å². The fraction of sp³-hybridized carbons (Fsp3) is 0.714. The van der Waals surface area contributed by atoms with Gasteiger partial charge in [-0.2, -0.15) is 0 Å². The van der Waals surface area contributed by atoms with Crippen LogP contribution in [0.15, 0.2) is 18.2 Å². The van der Waals surface area contributed by atoms with Gasteiger partial charge in [-0.25, -0.2) is 0 Å². The van der Waals surface area contributed by atoms with Gasteiger partial charge in [-0.15, -0.1) is 23.5 Å². The van der Waals surface area contributed by atoms with E-state index in [4.69, 9.17) is 0 Å². The third-order valence-electron chi connectivity index (χ3n) is 6.96. The highest BCUT2D eigenvalue weighted by Crippen LogP contribution is 2.66. The molecule has 3 unspecified atom stereocenters. The van der Waals surface area contributed by atoms with Crippen molar-refractivity contribution < 1.29 is 5.11 Å². The molecule has 0 bridgehead atoms. The Morgan fingerprint density at radius 3 is 2.75 bits per heavy atom. The zero-order valence-corrected chi connectivity index (χ0v) is 16.6. The van der Waals surface area contributed by atoms with Crippen LogP contribution in [-0.2, 0) is 6.42 Å². The van der Waals surface area contributed by atoms with Crippen molar-refractivity contribution in [1.29, 1.82) is 0 Å². The minimum atomic E-state index is 0.440. The van der Waals surface area contributed by atoms with Gasteiger partial charge in [-0.05, 0) is 72.6 Å². The summed E-state index contributed by atoms with van der Waals surface area (Å²) >= 11 is 4.50. The summed E-state index contributed by atoms with van der Waals surface area (Å²) in [7, 11) is 0. The van der Waals surface area contributed by atoms with Crippen molar-refractivity contribution in [1.82, 2.24) is 0 Å². The third-order valence-corrected chi connectivity index (χ3v) is 10.5. The van der Waals surface area contributed by atoms with Crippen LogP contribution in [0.25, 0.3) is 0 Å². The highest BCUT2D eigenvalue weighted by Gasteiger charge is 2.55. The molecular weight excluding hydrogens is 332 g/mol. The molecular formula is C21H30OS2. The quantitative estimate of drug-likeness (QED) is 0.691. The summed E-state index contributed by atoms with van der Waals surface area (Å²) in [5, 5.41) is 9.91. The first-order chi connectivity index (χ1) is 11.6. The lowest BCUT2D eigenvalue weighted by molar-refractivity contribution is 0.0560. The number of phenols is 1. The highest BCUT2D eigenvalue weighted by molar-refractivity contribution is 8.21. The fourth-order valence-electron chi connectivity index (χ4n) is 5.53. The summed E-state index contributed by atoms with van der Waals surface area (Å²) in [4.78, 5) is 0. The summed E-state index contributed by atoms with van der Waals surface area (Å²) < 4.78 is 0.467. The van der Waals surface area contributed by atoms with E-state index >= 15 is 0 Å². The van der Waals surface area contributed by atoms with Gasteiger partial charge in [0.05, 0.1) is 4.08 Å². The van der Waals surface area contributed by atoms with Gasteiger partial charge in [0.2, 0.25) is 0 Å². The lowest BCUT2D eigenvalue weighted by Gasteiger charge is -2.56. The number of phenolic OH excluding ortho intramolecular Hbond substituents is 1. The lowest BCUT2D eigenvalue weighted by atomic mass is 9.53. The van der Waals surface area contributed by atoms with Crippen LogP contribution < -0.4 is 0 Å². The molecule has 1 saturated carbocycles. The maximum absolute atomic E-state index is 9.91. The van der Waals surface area contributed by atoms with Crippen molar-refractivity contribution in [3.63, 3.8) is 0 Å². The molecule has 4 rings (SSSR count). The molecule has 1 nitrogen and oxygen atoms in total. The molecule has 3 atom stereocenters. The second-order valence-corrected chi connectivity index (χ2v) is 11.5. The van der Waals surface area contributed by atoms with E-state index in [0.717, 1.165) is 12.3 Å². The number of hydrogen-bond donors (Lipinski definition) is 1. The molecule has 0 aromatic heterocycles. The Kier molecular flexibility index (Phi) is 4.62. The van der Waals surface area contributed by atoms with E-state index < -0.39 is 0 Å². The average Bonchev–Trinajstić information content (AvgIpc) is 3.02. The van der Waals surface area contributed by atoms with Gasteiger partial charge < -0.3 is 5.11 Å². The van der Waals surface area contributed by atoms with Crippen LogP contribution in [0.5, 0.6) is 5.75 Å². The number of aromatic hydroxyl groups is 1. The Labute approximate surface area is 155 Å². The summed E-state index contributed by atoms with van der Waals surface area (Å²) in [5.74, 6) is 4.63. The van der Waals surface area contributed by atoms with Crippen LogP contribution >= 0.6 is 23.5 Å². The Hall–Kier alpha value is -0.280. The van der Waals surface area contributed by atoms with Crippen molar-refractivity contribution in [3.8, 4) is 5.75 Å². The molecule has 1 spiro atoms. The number of rotatable bonds is 3. The van der Waals surface area contributed by atoms with E-state index in [1.807, 2.05) is 12.1 Å². The first-order valence-electron chi connectivity index (χ1n) is 9.66. The molecule has 1 saturated heterocycles. The van der Waals surface area contributed by atoms with Gasteiger partial charge in [0.25, 0.3) is 0 Å². The van der Waals surface area contributed by atoms with E-state index in [2.05, 4.69) is 43.4 Å². The molecule has 1 N–H and O–H groups in total. The number of fused-ring (bicyclic) bond motifs is 3. The van der Waals surface area contributed by atoms with Crippen molar-refractivity contribution in [2.24, 2.45) is 11.3 Å². The maximum Gasteiger partial charge on any atom is 0.115 e. The number of hydrogen-bond acceptors (Lipinski definition) is 3. The van der Waals surface area contributed by atoms with Crippen LogP contribution in [-0.4, -0.2) is 20.7 Å². The minimum Gasteiger partial charge on any atom is -0.508 e. The average molecular weight is 363 g/mol. The Morgan fingerprint density at radius 2 is 2.00 bits per heavy atom. The fourth-order valence-corrected chi connectivity index (χ4v) is 8.98. The SMILES string of the molecule is CCCCC1CC2(CC3c4ccc(O)cc4CCC13C)SCCS2. The first-order valence-corrected chi connectivity index (χ1v) is 11.6. The van der Waals surface area contributed by atoms with E-state index in [0.29, 0.717) is 21.2 Å². The number of aryl methyl sites for hydroxylation is 1. The van der Waals surface area contributed by atoms with E-state index in [9.17, 15) is 5.11 Å². The molecule has 1 aromatic carbocycles. The molecule has 0 amide bonds. The summed E-state index contributed by atoms with van der Waals surface area (Å²) in [6, 6.07) is 6.20. The Bertz CT molecular complexity index is 608. The third kappa shape index (κ3) is 2.80. The highest BCUT2D eigenvalue weighted by atomic mass is 32.2. The molecule has 1 aromatic rings. The molecule has 0 radical (unpaired) electrons. The Morgan fingerprint density at radius 1 is 1.21 bits per heavy atom. The van der Waals surface area contributed by atoms with Crippen LogP contribution in [0.3, 0.4) is 0 Å². The van der Waals surface area contributed by atoms with Crippen LogP contribution in [0.4, 0.5) is 0 Å². The van der Waals surface area contributed by atoms with Crippen molar-refractivity contribution in [2.75, 3.05) is 11.5 Å². The lowest BCUT2D eigenvalue weighted by Crippen LogP contribution is -2.47. The zero-order valence-electron chi connectivity index (χ0n) is 15.0. The van der Waals surface area contributed by atoms with Gasteiger partial charge in [0.1, 0.15) is 5.75 Å². The number of unbranched alkanes of at least 4 members (excludes halogenated alkanes) is 1. The molecule has 24 heavy (non-hydrogen) atoms. The minimum absolute atomic E-state index is 0.440. The Balaban J connectivity index is 1.73. The van der Waals surface area contributed by atoms with Crippen molar-refractivity contribution >= 4 is 23.5 Å². The maximum atomic E-state index is 9.91. The van der Waals surface area contributed by atoms with Crippen LogP contribution in [0, 0.1) is 11.3 Å². The molecule has 3 aliphatic rings. The molecule has 1 heterocycles. The summed E-state index contributed by atoms with van der Waals surface area (Å²) in [6.07, 6.45) is 9.29.